The van der Waals surface area contributed by atoms with Crippen molar-refractivity contribution in [3.63, 3.8) is 0 Å². The van der Waals surface area contributed by atoms with Crippen molar-refractivity contribution in [1.29, 1.82) is 0 Å². The van der Waals surface area contributed by atoms with E-state index in [9.17, 15) is 8.42 Å². The molecular formula is C12H10BrClN2O2S. The molecule has 0 fully saturated rings. The first-order valence-corrected chi connectivity index (χ1v) is 7.93. The number of pyridine rings is 1. The first kappa shape index (κ1) is 14.5. The van der Waals surface area contributed by atoms with Crippen LogP contribution in [0.2, 0.25) is 5.15 Å². The van der Waals surface area contributed by atoms with Crippen molar-refractivity contribution < 1.29 is 8.42 Å². The maximum absolute atomic E-state index is 12.0. The molecule has 100 valence electrons. The van der Waals surface area contributed by atoms with Crippen LogP contribution in [0, 0.1) is 0 Å². The number of benzene rings is 1. The van der Waals surface area contributed by atoms with Gasteiger partial charge in [-0.25, -0.2) is 18.1 Å². The predicted molar refractivity (Wildman–Crippen MR) is 80.0 cm³/mol. The van der Waals surface area contributed by atoms with E-state index >= 15 is 0 Å². The second kappa shape index (κ2) is 5.58. The quantitative estimate of drug-likeness (QED) is 0.851. The molecule has 1 aromatic carbocycles. The molecule has 0 aliphatic heterocycles. The van der Waals surface area contributed by atoms with Gasteiger partial charge in [0.2, 0.25) is 10.0 Å². The Kier molecular flexibility index (Phi) is 4.25. The third-order valence-corrected chi connectivity index (χ3v) is 4.28. The van der Waals surface area contributed by atoms with Crippen molar-refractivity contribution in [2.24, 2.45) is 0 Å². The highest BCUT2D eigenvalue weighted by atomic mass is 79.9. The summed E-state index contributed by atoms with van der Waals surface area (Å²) in [6, 6.07) is 8.02. The molecule has 0 spiro atoms. The van der Waals surface area contributed by atoms with Gasteiger partial charge in [0.15, 0.2) is 0 Å². The molecule has 0 radical (unpaired) electrons. The first-order chi connectivity index (χ1) is 8.88. The maximum Gasteiger partial charge on any atom is 0.240 e. The Morgan fingerprint density at radius 3 is 2.79 bits per heavy atom. The molecule has 0 atom stereocenters. The summed E-state index contributed by atoms with van der Waals surface area (Å²) >= 11 is 8.88. The topological polar surface area (TPSA) is 59.1 Å². The zero-order valence-corrected chi connectivity index (χ0v) is 12.9. The molecule has 0 amide bonds. The number of nitrogens with zero attached hydrogens (tertiary/aromatic N) is 1. The van der Waals surface area contributed by atoms with Crippen LogP contribution in [0.25, 0.3) is 10.9 Å². The van der Waals surface area contributed by atoms with Gasteiger partial charge in [-0.3, -0.25) is 0 Å². The molecule has 7 heteroatoms. The lowest BCUT2D eigenvalue weighted by Gasteiger charge is -2.07. The van der Waals surface area contributed by atoms with Crippen LogP contribution in [0.5, 0.6) is 0 Å². The molecule has 0 aliphatic carbocycles. The van der Waals surface area contributed by atoms with E-state index < -0.39 is 10.0 Å². The van der Waals surface area contributed by atoms with Gasteiger partial charge in [0, 0.05) is 16.4 Å². The molecule has 0 saturated carbocycles. The van der Waals surface area contributed by atoms with Crippen molar-refractivity contribution in [3.05, 3.63) is 46.5 Å². The molecule has 0 aliphatic rings. The van der Waals surface area contributed by atoms with Crippen molar-refractivity contribution >= 4 is 48.5 Å². The number of sulfonamides is 1. The molecule has 19 heavy (non-hydrogen) atoms. The molecule has 4 nitrogen and oxygen atoms in total. The summed E-state index contributed by atoms with van der Waals surface area (Å²) in [5, 5.41) is 1.08. The van der Waals surface area contributed by atoms with Gasteiger partial charge in [-0.2, -0.15) is 0 Å². The first-order valence-electron chi connectivity index (χ1n) is 5.28. The molecule has 1 heterocycles. The third kappa shape index (κ3) is 3.54. The molecule has 0 unspecified atom stereocenters. The number of rotatable bonds is 4. The largest absolute Gasteiger partial charge is 0.240 e. The molecule has 0 bridgehead atoms. The summed E-state index contributed by atoms with van der Waals surface area (Å²) in [7, 11) is -3.56. The van der Waals surface area contributed by atoms with Gasteiger partial charge in [-0.05, 0) is 30.3 Å². The summed E-state index contributed by atoms with van der Waals surface area (Å²) in [4.78, 5) is 4.28. The fourth-order valence-electron chi connectivity index (χ4n) is 1.50. The highest BCUT2D eigenvalue weighted by molar-refractivity contribution is 9.11. The molecule has 1 aromatic heterocycles. The molecule has 2 aromatic rings. The number of fused-ring (bicyclic) bond motifs is 1. The van der Waals surface area contributed by atoms with Gasteiger partial charge in [-0.1, -0.05) is 34.1 Å². The van der Waals surface area contributed by atoms with Crippen LogP contribution < -0.4 is 4.72 Å². The van der Waals surface area contributed by atoms with Crippen LogP contribution in [-0.2, 0) is 10.0 Å². The lowest BCUT2D eigenvalue weighted by molar-refractivity contribution is 0.585. The Bertz CT molecular complexity index is 746. The highest BCUT2D eigenvalue weighted by Gasteiger charge is 2.14. The van der Waals surface area contributed by atoms with Crippen LogP contribution in [0.3, 0.4) is 0 Å². The van der Waals surface area contributed by atoms with E-state index in [0.717, 1.165) is 0 Å². The zero-order chi connectivity index (χ0) is 14.0. The Morgan fingerprint density at radius 1 is 1.37 bits per heavy atom. The minimum absolute atomic E-state index is 0.138. The second-order valence-corrected chi connectivity index (χ2v) is 7.11. The number of halogens is 2. The fourth-order valence-corrected chi connectivity index (χ4v) is 3.04. The van der Waals surface area contributed by atoms with Gasteiger partial charge >= 0.3 is 0 Å². The Labute approximate surface area is 124 Å². The lowest BCUT2D eigenvalue weighted by atomic mass is 10.2. The number of hydrogen-bond acceptors (Lipinski definition) is 3. The van der Waals surface area contributed by atoms with Gasteiger partial charge in [-0.15, -0.1) is 0 Å². The number of hydrogen-bond donors (Lipinski definition) is 1. The number of nitrogens with one attached hydrogen (secondary N) is 1. The Hall–Kier alpha value is -0.950. The van der Waals surface area contributed by atoms with Gasteiger partial charge < -0.3 is 0 Å². The average Bonchev–Trinajstić information content (AvgIpc) is 2.36. The lowest BCUT2D eigenvalue weighted by Crippen LogP contribution is -2.24. The van der Waals surface area contributed by atoms with Crippen LogP contribution in [0.1, 0.15) is 0 Å². The number of aromatic nitrogens is 1. The Morgan fingerprint density at radius 2 is 2.11 bits per heavy atom. The normalized spacial score (nSPS) is 11.7. The van der Waals surface area contributed by atoms with E-state index in [1.54, 1.807) is 24.3 Å². The molecule has 2 rings (SSSR count). The minimum Gasteiger partial charge on any atom is -0.236 e. The highest BCUT2D eigenvalue weighted by Crippen LogP contribution is 2.19. The van der Waals surface area contributed by atoms with Crippen LogP contribution in [0.4, 0.5) is 0 Å². The molecule has 0 saturated heterocycles. The summed E-state index contributed by atoms with van der Waals surface area (Å²) in [5.74, 6) is 0. The molecular weight excluding hydrogens is 352 g/mol. The summed E-state index contributed by atoms with van der Waals surface area (Å²) in [6.45, 7) is 3.71. The zero-order valence-electron chi connectivity index (χ0n) is 9.73. The van der Waals surface area contributed by atoms with Crippen LogP contribution >= 0.6 is 27.5 Å². The third-order valence-electron chi connectivity index (χ3n) is 2.39. The predicted octanol–water partition coefficient (Wildman–Crippen LogP) is 3.08. The summed E-state index contributed by atoms with van der Waals surface area (Å²) in [5.41, 5.74) is 0.649. The SMILES string of the molecule is C=C(Br)CNS(=O)(=O)c1ccc2nc(Cl)ccc2c1. The fraction of sp³-hybridized carbons (Fsp3) is 0.0833. The van der Waals surface area contributed by atoms with Gasteiger partial charge in [0.1, 0.15) is 5.15 Å². The van der Waals surface area contributed by atoms with E-state index in [2.05, 4.69) is 32.2 Å². The average molecular weight is 362 g/mol. The monoisotopic (exact) mass is 360 g/mol. The van der Waals surface area contributed by atoms with Crippen molar-refractivity contribution in [2.45, 2.75) is 4.90 Å². The minimum atomic E-state index is -3.56. The van der Waals surface area contributed by atoms with Gasteiger partial charge in [0.25, 0.3) is 0 Å². The van der Waals surface area contributed by atoms with E-state index in [4.69, 9.17) is 11.6 Å². The van der Waals surface area contributed by atoms with Crippen molar-refractivity contribution in [2.75, 3.05) is 6.54 Å². The van der Waals surface area contributed by atoms with E-state index in [0.29, 0.717) is 20.5 Å². The van der Waals surface area contributed by atoms with E-state index in [1.165, 1.54) is 6.07 Å². The van der Waals surface area contributed by atoms with Crippen LogP contribution in [-0.4, -0.2) is 19.9 Å². The van der Waals surface area contributed by atoms with Crippen LogP contribution in [0.15, 0.2) is 46.3 Å². The molecule has 1 N–H and O–H groups in total. The maximum atomic E-state index is 12.0. The van der Waals surface area contributed by atoms with E-state index in [1.807, 2.05) is 0 Å². The summed E-state index contributed by atoms with van der Waals surface area (Å²) < 4.78 is 27.0. The Balaban J connectivity index is 2.40. The van der Waals surface area contributed by atoms with Crippen molar-refractivity contribution in [3.8, 4) is 0 Å². The summed E-state index contributed by atoms with van der Waals surface area (Å²) in [6.07, 6.45) is 0. The standard InChI is InChI=1S/C12H10BrClN2O2S/c1-8(13)7-15-19(17,18)10-3-4-11-9(6-10)2-5-12(14)16-11/h2-6,15H,1,7H2. The van der Waals surface area contributed by atoms with Gasteiger partial charge in [0.05, 0.1) is 10.4 Å². The second-order valence-electron chi connectivity index (χ2n) is 3.83. The van der Waals surface area contributed by atoms with Crippen molar-refractivity contribution in [1.82, 2.24) is 9.71 Å². The van der Waals surface area contributed by atoms with E-state index in [-0.39, 0.29) is 11.4 Å². The smallest absolute Gasteiger partial charge is 0.236 e.